The average Bonchev–Trinajstić information content (AvgIpc) is 2.34. The maximum absolute atomic E-state index is 11.6. The molecule has 0 spiro atoms. The minimum absolute atomic E-state index is 0.139. The van der Waals surface area contributed by atoms with Gasteiger partial charge in [0, 0.05) is 0 Å². The monoisotopic (exact) mass is 236 g/mol. The molecular weight excluding hydrogens is 220 g/mol. The SMILES string of the molecule is CO/C=C(/C(=O)OC)c1cccc(C)c1CO. The van der Waals surface area contributed by atoms with Gasteiger partial charge in [0.15, 0.2) is 0 Å². The second-order valence-electron chi connectivity index (χ2n) is 3.52. The van der Waals surface area contributed by atoms with E-state index in [4.69, 9.17) is 4.74 Å². The van der Waals surface area contributed by atoms with Gasteiger partial charge < -0.3 is 14.6 Å². The lowest BCUT2D eigenvalue weighted by Crippen LogP contribution is -2.07. The van der Waals surface area contributed by atoms with E-state index in [9.17, 15) is 9.90 Å². The van der Waals surface area contributed by atoms with E-state index >= 15 is 0 Å². The topological polar surface area (TPSA) is 55.8 Å². The van der Waals surface area contributed by atoms with Gasteiger partial charge in [0.2, 0.25) is 0 Å². The Morgan fingerprint density at radius 3 is 2.65 bits per heavy atom. The van der Waals surface area contributed by atoms with Crippen LogP contribution in [0.2, 0.25) is 0 Å². The third kappa shape index (κ3) is 2.85. The molecule has 1 aromatic rings. The van der Waals surface area contributed by atoms with Crippen LogP contribution in [0.15, 0.2) is 24.5 Å². The minimum Gasteiger partial charge on any atom is -0.503 e. The molecule has 0 saturated carbocycles. The largest absolute Gasteiger partial charge is 0.503 e. The summed E-state index contributed by atoms with van der Waals surface area (Å²) in [7, 11) is 2.76. The van der Waals surface area contributed by atoms with E-state index in [-0.39, 0.29) is 6.61 Å². The van der Waals surface area contributed by atoms with Crippen molar-refractivity contribution in [3.63, 3.8) is 0 Å². The fourth-order valence-corrected chi connectivity index (χ4v) is 1.61. The highest BCUT2D eigenvalue weighted by atomic mass is 16.5. The molecule has 1 rings (SSSR count). The van der Waals surface area contributed by atoms with E-state index in [1.807, 2.05) is 19.1 Å². The smallest absolute Gasteiger partial charge is 0.341 e. The first kappa shape index (κ1) is 13.3. The van der Waals surface area contributed by atoms with E-state index in [1.54, 1.807) is 6.07 Å². The first-order valence-electron chi connectivity index (χ1n) is 5.16. The highest BCUT2D eigenvalue weighted by Crippen LogP contribution is 2.23. The summed E-state index contributed by atoms with van der Waals surface area (Å²) in [6.07, 6.45) is 1.32. The Balaban J connectivity index is 3.33. The van der Waals surface area contributed by atoms with Gasteiger partial charge in [-0.3, -0.25) is 0 Å². The Labute approximate surface area is 100 Å². The number of aliphatic hydroxyl groups is 1. The van der Waals surface area contributed by atoms with E-state index in [0.717, 1.165) is 5.56 Å². The lowest BCUT2D eigenvalue weighted by molar-refractivity contribution is -0.133. The second kappa shape index (κ2) is 6.06. The molecule has 17 heavy (non-hydrogen) atoms. The Morgan fingerprint density at radius 1 is 1.41 bits per heavy atom. The summed E-state index contributed by atoms with van der Waals surface area (Å²) >= 11 is 0. The molecule has 1 aromatic carbocycles. The van der Waals surface area contributed by atoms with Crippen molar-refractivity contribution in [3.8, 4) is 0 Å². The van der Waals surface area contributed by atoms with E-state index in [2.05, 4.69) is 4.74 Å². The molecule has 0 heterocycles. The Hall–Kier alpha value is -1.81. The third-order valence-corrected chi connectivity index (χ3v) is 2.50. The predicted octanol–water partition coefficient (Wildman–Crippen LogP) is 1.65. The summed E-state index contributed by atoms with van der Waals surface area (Å²) in [5, 5.41) is 9.35. The number of methoxy groups -OCH3 is 2. The first-order valence-corrected chi connectivity index (χ1v) is 5.16. The molecule has 92 valence electrons. The van der Waals surface area contributed by atoms with Gasteiger partial charge in [-0.05, 0) is 23.6 Å². The van der Waals surface area contributed by atoms with Crippen LogP contribution in [-0.2, 0) is 20.9 Å². The van der Waals surface area contributed by atoms with Crippen molar-refractivity contribution in [2.24, 2.45) is 0 Å². The summed E-state index contributed by atoms with van der Waals surface area (Å²) < 4.78 is 9.57. The standard InChI is InChI=1S/C13H16O4/c1-9-5-4-6-10(11(9)7-14)12(8-16-2)13(15)17-3/h4-6,8,14H,7H2,1-3H3/b12-8+. The lowest BCUT2D eigenvalue weighted by atomic mass is 9.97. The molecule has 0 saturated heterocycles. The first-order chi connectivity index (χ1) is 8.15. The predicted molar refractivity (Wildman–Crippen MR) is 64.1 cm³/mol. The van der Waals surface area contributed by atoms with Gasteiger partial charge in [0.05, 0.1) is 27.1 Å². The molecule has 0 bridgehead atoms. The Bertz CT molecular complexity index is 435. The lowest BCUT2D eigenvalue weighted by Gasteiger charge is -2.12. The fourth-order valence-electron chi connectivity index (χ4n) is 1.61. The van der Waals surface area contributed by atoms with Crippen LogP contribution < -0.4 is 0 Å². The maximum atomic E-state index is 11.6. The summed E-state index contributed by atoms with van der Waals surface area (Å²) in [6.45, 7) is 1.73. The van der Waals surface area contributed by atoms with Gasteiger partial charge in [0.25, 0.3) is 0 Å². The van der Waals surface area contributed by atoms with Crippen LogP contribution in [0.3, 0.4) is 0 Å². The van der Waals surface area contributed by atoms with Crippen molar-refractivity contribution in [2.75, 3.05) is 14.2 Å². The molecule has 0 aliphatic rings. The van der Waals surface area contributed by atoms with Crippen molar-refractivity contribution in [1.29, 1.82) is 0 Å². The van der Waals surface area contributed by atoms with Gasteiger partial charge in [-0.15, -0.1) is 0 Å². The van der Waals surface area contributed by atoms with Crippen LogP contribution in [-0.4, -0.2) is 25.3 Å². The number of carbonyl (C=O) groups excluding carboxylic acids is 1. The van der Waals surface area contributed by atoms with Gasteiger partial charge in [-0.2, -0.15) is 0 Å². The number of aryl methyl sites for hydroxylation is 1. The highest BCUT2D eigenvalue weighted by molar-refractivity contribution is 6.16. The molecule has 0 amide bonds. The van der Waals surface area contributed by atoms with E-state index < -0.39 is 5.97 Å². The normalized spacial score (nSPS) is 11.2. The quantitative estimate of drug-likeness (QED) is 0.490. The molecule has 0 aliphatic heterocycles. The molecular formula is C13H16O4. The molecule has 0 atom stereocenters. The zero-order chi connectivity index (χ0) is 12.8. The van der Waals surface area contributed by atoms with Gasteiger partial charge in [-0.1, -0.05) is 18.2 Å². The van der Waals surface area contributed by atoms with Crippen molar-refractivity contribution in [2.45, 2.75) is 13.5 Å². The number of esters is 1. The molecule has 0 radical (unpaired) electrons. The van der Waals surface area contributed by atoms with Crippen LogP contribution in [0.4, 0.5) is 0 Å². The average molecular weight is 236 g/mol. The van der Waals surface area contributed by atoms with Crippen LogP contribution in [0.25, 0.3) is 5.57 Å². The summed E-state index contributed by atoms with van der Waals surface area (Å²) in [4.78, 5) is 11.6. The Kier molecular flexibility index (Phi) is 4.72. The van der Waals surface area contributed by atoms with Gasteiger partial charge in [-0.25, -0.2) is 4.79 Å². The zero-order valence-corrected chi connectivity index (χ0v) is 10.2. The van der Waals surface area contributed by atoms with Gasteiger partial charge >= 0.3 is 5.97 Å². The molecule has 0 unspecified atom stereocenters. The number of hydrogen-bond donors (Lipinski definition) is 1. The molecule has 4 nitrogen and oxygen atoms in total. The van der Waals surface area contributed by atoms with Crippen molar-refractivity contribution >= 4 is 11.5 Å². The van der Waals surface area contributed by atoms with Crippen molar-refractivity contribution in [3.05, 3.63) is 41.2 Å². The molecule has 4 heteroatoms. The molecule has 0 aliphatic carbocycles. The number of hydrogen-bond acceptors (Lipinski definition) is 4. The molecule has 1 N–H and O–H groups in total. The fraction of sp³-hybridized carbons (Fsp3) is 0.308. The minimum atomic E-state index is -0.493. The number of benzene rings is 1. The zero-order valence-electron chi connectivity index (χ0n) is 10.2. The third-order valence-electron chi connectivity index (χ3n) is 2.50. The number of ether oxygens (including phenoxy) is 2. The van der Waals surface area contributed by atoms with E-state index in [0.29, 0.717) is 16.7 Å². The van der Waals surface area contributed by atoms with Crippen LogP contribution in [0.5, 0.6) is 0 Å². The second-order valence-corrected chi connectivity index (χ2v) is 3.52. The van der Waals surface area contributed by atoms with Gasteiger partial charge in [0.1, 0.15) is 5.57 Å². The van der Waals surface area contributed by atoms with Crippen LogP contribution >= 0.6 is 0 Å². The number of rotatable bonds is 4. The van der Waals surface area contributed by atoms with Crippen molar-refractivity contribution in [1.82, 2.24) is 0 Å². The Morgan fingerprint density at radius 2 is 2.12 bits per heavy atom. The van der Waals surface area contributed by atoms with E-state index in [1.165, 1.54) is 20.5 Å². The van der Waals surface area contributed by atoms with Crippen LogP contribution in [0, 0.1) is 6.92 Å². The van der Waals surface area contributed by atoms with Crippen LogP contribution in [0.1, 0.15) is 16.7 Å². The molecule has 0 fully saturated rings. The summed E-state index contributed by atoms with van der Waals surface area (Å²) in [6, 6.07) is 5.44. The maximum Gasteiger partial charge on any atom is 0.341 e. The summed E-state index contributed by atoms with van der Waals surface area (Å²) in [5.74, 6) is -0.493. The summed E-state index contributed by atoms with van der Waals surface area (Å²) in [5.41, 5.74) is 2.53. The highest BCUT2D eigenvalue weighted by Gasteiger charge is 2.17. The number of aliphatic hydroxyl groups excluding tert-OH is 1. The molecule has 0 aromatic heterocycles. The number of carbonyl (C=O) groups is 1. The van der Waals surface area contributed by atoms with Crippen molar-refractivity contribution < 1.29 is 19.4 Å².